The van der Waals surface area contributed by atoms with E-state index in [1.54, 1.807) is 12.3 Å². The number of pyridine rings is 1. The van der Waals surface area contributed by atoms with Gasteiger partial charge in [0.15, 0.2) is 0 Å². The first kappa shape index (κ1) is 16.3. The highest BCUT2D eigenvalue weighted by atomic mass is 32.1. The van der Waals surface area contributed by atoms with Gasteiger partial charge in [-0.1, -0.05) is 6.07 Å². The van der Waals surface area contributed by atoms with Crippen molar-refractivity contribution in [1.29, 1.82) is 0 Å². The van der Waals surface area contributed by atoms with Crippen molar-refractivity contribution in [1.82, 2.24) is 14.9 Å². The molecule has 0 N–H and O–H groups in total. The molecule has 2 fully saturated rings. The van der Waals surface area contributed by atoms with E-state index in [2.05, 4.69) is 35.0 Å². The molecule has 134 valence electrons. The molecule has 0 unspecified atom stereocenters. The standard InChI is InChI=1S/C21H22FN3S/c1-13-3-2-8-25(13)17-9-16(10-17)21-24-18-6-4-14(11-19(18)26-21)15-5-7-20(22)23-12-15/h4-7,11-13,16-17H,2-3,8-10H2,1H3/t13-,16-,17-/m1/s1. The molecule has 0 bridgehead atoms. The van der Waals surface area contributed by atoms with Gasteiger partial charge in [-0.2, -0.15) is 4.39 Å². The fourth-order valence-corrected chi connectivity index (χ4v) is 5.53. The van der Waals surface area contributed by atoms with E-state index in [-0.39, 0.29) is 0 Å². The van der Waals surface area contributed by atoms with Crippen LogP contribution in [-0.4, -0.2) is 33.5 Å². The Bertz CT molecular complexity index is 930. The third-order valence-electron chi connectivity index (χ3n) is 6.00. The van der Waals surface area contributed by atoms with Crippen LogP contribution in [0.3, 0.4) is 0 Å². The Labute approximate surface area is 156 Å². The number of likely N-dealkylation sites (tertiary alicyclic amines) is 1. The lowest BCUT2D eigenvalue weighted by atomic mass is 9.79. The molecular formula is C21H22FN3S. The normalized spacial score (nSPS) is 26.3. The summed E-state index contributed by atoms with van der Waals surface area (Å²) in [7, 11) is 0. The zero-order valence-electron chi connectivity index (χ0n) is 14.9. The minimum absolute atomic E-state index is 0.443. The van der Waals surface area contributed by atoms with Crippen molar-refractivity contribution in [2.45, 2.75) is 50.6 Å². The molecule has 1 atom stereocenters. The van der Waals surface area contributed by atoms with Crippen LogP contribution in [0.25, 0.3) is 21.3 Å². The zero-order valence-corrected chi connectivity index (χ0v) is 15.7. The molecule has 1 saturated heterocycles. The number of hydrogen-bond donors (Lipinski definition) is 0. The van der Waals surface area contributed by atoms with Gasteiger partial charge >= 0.3 is 0 Å². The summed E-state index contributed by atoms with van der Waals surface area (Å²) in [6, 6.07) is 11.0. The van der Waals surface area contributed by atoms with Gasteiger partial charge in [0, 0.05) is 29.8 Å². The van der Waals surface area contributed by atoms with E-state index in [1.165, 1.54) is 48.0 Å². The van der Waals surface area contributed by atoms with Crippen LogP contribution in [0.5, 0.6) is 0 Å². The number of halogens is 1. The Kier molecular flexibility index (Phi) is 4.02. The zero-order chi connectivity index (χ0) is 17.7. The molecule has 2 aliphatic rings. The number of nitrogens with zero attached hydrogens (tertiary/aromatic N) is 3. The molecule has 1 saturated carbocycles. The van der Waals surface area contributed by atoms with Gasteiger partial charge in [0.25, 0.3) is 0 Å². The second-order valence-electron chi connectivity index (χ2n) is 7.66. The Morgan fingerprint density at radius 3 is 2.73 bits per heavy atom. The van der Waals surface area contributed by atoms with Crippen molar-refractivity contribution in [2.75, 3.05) is 6.54 Å². The summed E-state index contributed by atoms with van der Waals surface area (Å²) >= 11 is 1.81. The van der Waals surface area contributed by atoms with Gasteiger partial charge in [0.2, 0.25) is 5.95 Å². The van der Waals surface area contributed by atoms with Crippen LogP contribution in [0.15, 0.2) is 36.5 Å². The SMILES string of the molecule is C[C@@H]1CCCN1[C@H]1C[C@H](c2nc3ccc(-c4ccc(F)nc4)cc3s2)C1. The monoisotopic (exact) mass is 367 g/mol. The Hall–Kier alpha value is -1.85. The van der Waals surface area contributed by atoms with Crippen molar-refractivity contribution in [2.24, 2.45) is 0 Å². The van der Waals surface area contributed by atoms with Gasteiger partial charge in [-0.05, 0) is 69.0 Å². The fraction of sp³-hybridized carbons (Fsp3) is 0.429. The van der Waals surface area contributed by atoms with E-state index in [0.29, 0.717) is 5.92 Å². The topological polar surface area (TPSA) is 29.0 Å². The molecule has 0 amide bonds. The van der Waals surface area contributed by atoms with Crippen LogP contribution < -0.4 is 0 Å². The van der Waals surface area contributed by atoms with Gasteiger partial charge in [-0.3, -0.25) is 4.90 Å². The number of fused-ring (bicyclic) bond motifs is 1. The molecule has 3 heterocycles. The molecule has 0 spiro atoms. The summed E-state index contributed by atoms with van der Waals surface area (Å²) in [4.78, 5) is 11.3. The molecule has 1 aliphatic carbocycles. The summed E-state index contributed by atoms with van der Waals surface area (Å²) in [5.74, 6) is 0.169. The lowest BCUT2D eigenvalue weighted by Gasteiger charge is -2.42. The first-order chi connectivity index (χ1) is 12.7. The third-order valence-corrected chi connectivity index (χ3v) is 7.18. The number of rotatable bonds is 3. The maximum Gasteiger partial charge on any atom is 0.212 e. The lowest BCUT2D eigenvalue weighted by molar-refractivity contribution is 0.103. The van der Waals surface area contributed by atoms with Crippen LogP contribution in [0.1, 0.15) is 43.5 Å². The number of hydrogen-bond acceptors (Lipinski definition) is 4. The van der Waals surface area contributed by atoms with E-state index < -0.39 is 5.95 Å². The first-order valence-corrected chi connectivity index (χ1v) is 10.3. The van der Waals surface area contributed by atoms with E-state index in [4.69, 9.17) is 4.98 Å². The van der Waals surface area contributed by atoms with E-state index in [1.807, 2.05) is 11.3 Å². The van der Waals surface area contributed by atoms with Crippen LogP contribution in [-0.2, 0) is 0 Å². The molecule has 5 heteroatoms. The highest BCUT2D eigenvalue weighted by Crippen LogP contribution is 2.44. The number of thiazole rings is 1. The van der Waals surface area contributed by atoms with Crippen molar-refractivity contribution in [3.8, 4) is 11.1 Å². The Morgan fingerprint density at radius 2 is 2.00 bits per heavy atom. The summed E-state index contributed by atoms with van der Waals surface area (Å²) in [6.07, 6.45) is 6.79. The van der Waals surface area contributed by atoms with Gasteiger partial charge < -0.3 is 0 Å². The number of benzene rings is 1. The van der Waals surface area contributed by atoms with Crippen molar-refractivity contribution in [3.05, 3.63) is 47.5 Å². The smallest absolute Gasteiger partial charge is 0.212 e. The maximum absolute atomic E-state index is 13.0. The molecule has 0 radical (unpaired) electrons. The molecule has 26 heavy (non-hydrogen) atoms. The minimum Gasteiger partial charge on any atom is -0.298 e. The molecule has 2 aromatic heterocycles. The highest BCUT2D eigenvalue weighted by Gasteiger charge is 2.39. The Balaban J connectivity index is 1.35. The molecule has 5 rings (SSSR count). The second-order valence-corrected chi connectivity index (χ2v) is 8.72. The predicted molar refractivity (Wildman–Crippen MR) is 104 cm³/mol. The first-order valence-electron chi connectivity index (χ1n) is 9.45. The minimum atomic E-state index is -0.443. The predicted octanol–water partition coefficient (Wildman–Crippen LogP) is 5.23. The van der Waals surface area contributed by atoms with E-state index >= 15 is 0 Å². The molecular weight excluding hydrogens is 345 g/mol. The third kappa shape index (κ3) is 2.83. The van der Waals surface area contributed by atoms with Crippen molar-refractivity contribution < 1.29 is 4.39 Å². The maximum atomic E-state index is 13.0. The summed E-state index contributed by atoms with van der Waals surface area (Å²) in [5, 5.41) is 1.28. The van der Waals surface area contributed by atoms with Crippen LogP contribution in [0.2, 0.25) is 0 Å². The average molecular weight is 367 g/mol. The molecule has 3 nitrogen and oxygen atoms in total. The van der Waals surface area contributed by atoms with Gasteiger partial charge in [-0.25, -0.2) is 9.97 Å². The average Bonchev–Trinajstić information content (AvgIpc) is 3.20. The molecule has 1 aliphatic heterocycles. The van der Waals surface area contributed by atoms with Crippen LogP contribution in [0, 0.1) is 5.95 Å². The highest BCUT2D eigenvalue weighted by molar-refractivity contribution is 7.18. The van der Waals surface area contributed by atoms with E-state index in [0.717, 1.165) is 28.7 Å². The van der Waals surface area contributed by atoms with Crippen LogP contribution >= 0.6 is 11.3 Å². The second kappa shape index (κ2) is 6.39. The largest absolute Gasteiger partial charge is 0.298 e. The quantitative estimate of drug-likeness (QED) is 0.594. The molecule has 3 aromatic rings. The summed E-state index contributed by atoms with van der Waals surface area (Å²) < 4.78 is 14.2. The Morgan fingerprint density at radius 1 is 1.15 bits per heavy atom. The van der Waals surface area contributed by atoms with E-state index in [9.17, 15) is 4.39 Å². The van der Waals surface area contributed by atoms with Crippen LogP contribution in [0.4, 0.5) is 4.39 Å². The fourth-order valence-electron chi connectivity index (χ4n) is 4.40. The van der Waals surface area contributed by atoms with Crippen molar-refractivity contribution >= 4 is 21.6 Å². The van der Waals surface area contributed by atoms with Crippen molar-refractivity contribution in [3.63, 3.8) is 0 Å². The molecule has 1 aromatic carbocycles. The summed E-state index contributed by atoms with van der Waals surface area (Å²) in [6.45, 7) is 3.64. The number of aromatic nitrogens is 2. The van der Waals surface area contributed by atoms with Gasteiger partial charge in [-0.15, -0.1) is 11.3 Å². The van der Waals surface area contributed by atoms with Gasteiger partial charge in [0.05, 0.1) is 15.2 Å². The summed E-state index contributed by atoms with van der Waals surface area (Å²) in [5.41, 5.74) is 3.08. The van der Waals surface area contributed by atoms with Gasteiger partial charge in [0.1, 0.15) is 0 Å². The lowest BCUT2D eigenvalue weighted by Crippen LogP contribution is -2.45.